The van der Waals surface area contributed by atoms with Gasteiger partial charge < -0.3 is 10.2 Å². The molecule has 0 aromatic carbocycles. The second-order valence-electron chi connectivity index (χ2n) is 4.71. The minimum Gasteiger partial charge on any atom is -0.339 e. The maximum absolute atomic E-state index is 12.2. The fraction of sp³-hybridized carbons (Fsp3) is 0.917. The van der Waals surface area contributed by atoms with Crippen LogP contribution >= 0.6 is 0 Å². The predicted molar refractivity (Wildman–Crippen MR) is 60.7 cm³/mol. The smallest absolute Gasteiger partial charge is 0.239 e. The second-order valence-corrected chi connectivity index (χ2v) is 4.71. The zero-order valence-electron chi connectivity index (χ0n) is 9.67. The number of hydrogen-bond acceptors (Lipinski definition) is 2. The Labute approximate surface area is 92.2 Å². The van der Waals surface area contributed by atoms with E-state index in [4.69, 9.17) is 0 Å². The summed E-state index contributed by atoms with van der Waals surface area (Å²) >= 11 is 0. The lowest BCUT2D eigenvalue weighted by Gasteiger charge is -2.30. The van der Waals surface area contributed by atoms with E-state index in [0.29, 0.717) is 11.9 Å². The molecular weight excluding hydrogens is 188 g/mol. The number of carbonyl (C=O) groups is 1. The van der Waals surface area contributed by atoms with Crippen molar-refractivity contribution in [2.75, 3.05) is 13.1 Å². The van der Waals surface area contributed by atoms with Crippen molar-refractivity contribution in [2.45, 2.75) is 57.5 Å². The van der Waals surface area contributed by atoms with Crippen molar-refractivity contribution in [3.8, 4) is 0 Å². The average Bonchev–Trinajstić information content (AvgIpc) is 2.91. The predicted octanol–water partition coefficient (Wildman–Crippen LogP) is 1.53. The van der Waals surface area contributed by atoms with Crippen LogP contribution in [-0.4, -0.2) is 36.0 Å². The molecule has 1 amide bonds. The number of rotatable bonds is 3. The van der Waals surface area contributed by atoms with Gasteiger partial charge in [0.25, 0.3) is 0 Å². The molecule has 2 aliphatic rings. The number of amides is 1. The van der Waals surface area contributed by atoms with E-state index >= 15 is 0 Å². The van der Waals surface area contributed by atoms with Gasteiger partial charge in [0.1, 0.15) is 0 Å². The van der Waals surface area contributed by atoms with E-state index in [1.807, 2.05) is 0 Å². The standard InChI is InChI=1S/C12H22N2O/c1-2-14(10-6-3-4-7-10)12(15)11-8-5-9-13-11/h10-11,13H,2-9H2,1H3/t11-/m1/s1. The van der Waals surface area contributed by atoms with Gasteiger partial charge in [-0.25, -0.2) is 0 Å². The van der Waals surface area contributed by atoms with Crippen molar-refractivity contribution in [2.24, 2.45) is 0 Å². The molecule has 1 atom stereocenters. The van der Waals surface area contributed by atoms with Crippen LogP contribution in [0.4, 0.5) is 0 Å². The van der Waals surface area contributed by atoms with Crippen molar-refractivity contribution in [1.29, 1.82) is 0 Å². The van der Waals surface area contributed by atoms with Crippen LogP contribution < -0.4 is 5.32 Å². The van der Waals surface area contributed by atoms with E-state index < -0.39 is 0 Å². The molecule has 0 radical (unpaired) electrons. The van der Waals surface area contributed by atoms with Crippen LogP contribution in [0.25, 0.3) is 0 Å². The summed E-state index contributed by atoms with van der Waals surface area (Å²) in [7, 11) is 0. The number of nitrogens with one attached hydrogen (secondary N) is 1. The average molecular weight is 210 g/mol. The molecule has 0 aromatic rings. The third-order valence-corrected chi connectivity index (χ3v) is 3.75. The third-order valence-electron chi connectivity index (χ3n) is 3.75. The summed E-state index contributed by atoms with van der Waals surface area (Å²) < 4.78 is 0. The van der Waals surface area contributed by atoms with E-state index in [-0.39, 0.29) is 6.04 Å². The molecule has 2 rings (SSSR count). The summed E-state index contributed by atoms with van der Waals surface area (Å²) in [5.74, 6) is 0.349. The van der Waals surface area contributed by atoms with Crippen LogP contribution in [0.3, 0.4) is 0 Å². The summed E-state index contributed by atoms with van der Waals surface area (Å²) in [6.45, 7) is 3.99. The van der Waals surface area contributed by atoms with Crippen LogP contribution in [0.1, 0.15) is 45.4 Å². The summed E-state index contributed by atoms with van der Waals surface area (Å²) in [5, 5.41) is 3.30. The molecule has 2 fully saturated rings. The first-order valence-corrected chi connectivity index (χ1v) is 6.36. The summed E-state index contributed by atoms with van der Waals surface area (Å²) in [4.78, 5) is 14.3. The van der Waals surface area contributed by atoms with Crippen LogP contribution in [0.15, 0.2) is 0 Å². The molecule has 0 bridgehead atoms. The van der Waals surface area contributed by atoms with Crippen molar-refractivity contribution >= 4 is 5.91 Å². The van der Waals surface area contributed by atoms with Gasteiger partial charge >= 0.3 is 0 Å². The van der Waals surface area contributed by atoms with Crippen LogP contribution in [-0.2, 0) is 4.79 Å². The van der Waals surface area contributed by atoms with Crippen molar-refractivity contribution in [1.82, 2.24) is 10.2 Å². The molecule has 3 heteroatoms. The molecule has 1 saturated heterocycles. The Morgan fingerprint density at radius 2 is 2.00 bits per heavy atom. The molecule has 0 aromatic heterocycles. The second kappa shape index (κ2) is 4.97. The SMILES string of the molecule is CCN(C(=O)[C@H]1CCCN1)C1CCCC1. The largest absolute Gasteiger partial charge is 0.339 e. The Balaban J connectivity index is 1.95. The number of likely N-dealkylation sites (N-methyl/N-ethyl adjacent to an activating group) is 1. The maximum Gasteiger partial charge on any atom is 0.239 e. The summed E-state index contributed by atoms with van der Waals surface area (Å²) in [6.07, 6.45) is 7.21. The zero-order chi connectivity index (χ0) is 10.7. The highest BCUT2D eigenvalue weighted by Gasteiger charge is 2.31. The molecule has 1 N–H and O–H groups in total. The van der Waals surface area contributed by atoms with E-state index in [9.17, 15) is 4.79 Å². The van der Waals surface area contributed by atoms with Crippen molar-refractivity contribution in [3.05, 3.63) is 0 Å². The molecule has 86 valence electrons. The summed E-state index contributed by atoms with van der Waals surface area (Å²) in [5.41, 5.74) is 0. The van der Waals surface area contributed by atoms with Gasteiger partial charge in [-0.1, -0.05) is 12.8 Å². The van der Waals surface area contributed by atoms with Gasteiger partial charge in [-0.3, -0.25) is 4.79 Å². The van der Waals surface area contributed by atoms with E-state index in [1.54, 1.807) is 0 Å². The Kier molecular flexibility index (Phi) is 3.62. The first-order chi connectivity index (χ1) is 7.33. The van der Waals surface area contributed by atoms with Crippen molar-refractivity contribution < 1.29 is 4.79 Å². The van der Waals surface area contributed by atoms with Gasteiger partial charge in [-0.05, 0) is 39.2 Å². The molecule has 15 heavy (non-hydrogen) atoms. The molecule has 0 unspecified atom stereocenters. The Morgan fingerprint density at radius 1 is 1.27 bits per heavy atom. The number of nitrogens with zero attached hydrogens (tertiary/aromatic N) is 1. The lowest BCUT2D eigenvalue weighted by atomic mass is 10.1. The van der Waals surface area contributed by atoms with Gasteiger partial charge in [0.15, 0.2) is 0 Å². The molecular formula is C12H22N2O. The fourth-order valence-electron chi connectivity index (χ4n) is 2.91. The molecule has 3 nitrogen and oxygen atoms in total. The summed E-state index contributed by atoms with van der Waals surface area (Å²) in [6, 6.07) is 0.649. The molecule has 1 heterocycles. The van der Waals surface area contributed by atoms with Gasteiger partial charge in [-0.15, -0.1) is 0 Å². The minimum atomic E-state index is 0.116. The van der Waals surface area contributed by atoms with E-state index in [1.165, 1.54) is 25.7 Å². The number of carbonyl (C=O) groups excluding carboxylic acids is 1. The Bertz CT molecular complexity index is 218. The molecule has 0 spiro atoms. The molecule has 1 aliphatic heterocycles. The van der Waals surface area contributed by atoms with Gasteiger partial charge in [-0.2, -0.15) is 0 Å². The molecule has 1 saturated carbocycles. The van der Waals surface area contributed by atoms with E-state index in [0.717, 1.165) is 25.9 Å². The quantitative estimate of drug-likeness (QED) is 0.766. The first-order valence-electron chi connectivity index (χ1n) is 6.36. The van der Waals surface area contributed by atoms with Gasteiger partial charge in [0.05, 0.1) is 6.04 Å². The van der Waals surface area contributed by atoms with Crippen LogP contribution in [0.5, 0.6) is 0 Å². The van der Waals surface area contributed by atoms with Crippen LogP contribution in [0.2, 0.25) is 0 Å². The van der Waals surface area contributed by atoms with Gasteiger partial charge in [0, 0.05) is 12.6 Å². The zero-order valence-corrected chi connectivity index (χ0v) is 9.67. The Hall–Kier alpha value is -0.570. The Morgan fingerprint density at radius 3 is 2.53 bits per heavy atom. The lowest BCUT2D eigenvalue weighted by Crippen LogP contribution is -2.47. The topological polar surface area (TPSA) is 32.3 Å². The lowest BCUT2D eigenvalue weighted by molar-refractivity contribution is -0.135. The third kappa shape index (κ3) is 2.33. The minimum absolute atomic E-state index is 0.116. The first kappa shape index (κ1) is 10.9. The highest BCUT2D eigenvalue weighted by atomic mass is 16.2. The fourth-order valence-corrected chi connectivity index (χ4v) is 2.91. The highest BCUT2D eigenvalue weighted by Crippen LogP contribution is 2.24. The monoisotopic (exact) mass is 210 g/mol. The van der Waals surface area contributed by atoms with Crippen LogP contribution in [0, 0.1) is 0 Å². The molecule has 1 aliphatic carbocycles. The highest BCUT2D eigenvalue weighted by molar-refractivity contribution is 5.82. The van der Waals surface area contributed by atoms with Crippen molar-refractivity contribution in [3.63, 3.8) is 0 Å². The normalized spacial score (nSPS) is 27.1. The maximum atomic E-state index is 12.2. The van der Waals surface area contributed by atoms with Gasteiger partial charge in [0.2, 0.25) is 5.91 Å². The van der Waals surface area contributed by atoms with E-state index in [2.05, 4.69) is 17.1 Å². The number of hydrogen-bond donors (Lipinski definition) is 1.